The number of aryl methyl sites for hydroxylation is 1. The van der Waals surface area contributed by atoms with Gasteiger partial charge in [-0.1, -0.05) is 0 Å². The summed E-state index contributed by atoms with van der Waals surface area (Å²) in [5.74, 6) is -0.946. The summed E-state index contributed by atoms with van der Waals surface area (Å²) >= 11 is 0. The first-order valence-electron chi connectivity index (χ1n) is 8.17. The van der Waals surface area contributed by atoms with Crippen molar-refractivity contribution in [3.63, 3.8) is 0 Å². The van der Waals surface area contributed by atoms with Crippen molar-refractivity contribution in [2.45, 2.75) is 46.6 Å². The van der Waals surface area contributed by atoms with E-state index >= 15 is 0 Å². The average molecular weight is 336 g/mol. The molecule has 1 heterocycles. The fourth-order valence-corrected chi connectivity index (χ4v) is 2.68. The zero-order valence-corrected chi connectivity index (χ0v) is 14.5. The summed E-state index contributed by atoms with van der Waals surface area (Å²) in [5, 5.41) is 2.81. The van der Waals surface area contributed by atoms with Crippen molar-refractivity contribution in [2.75, 3.05) is 13.2 Å². The smallest absolute Gasteiger partial charge is 0.355 e. The molecule has 7 nitrogen and oxygen atoms in total. The minimum atomic E-state index is -0.666. The van der Waals surface area contributed by atoms with Crippen molar-refractivity contribution >= 4 is 17.8 Å². The van der Waals surface area contributed by atoms with Crippen LogP contribution in [0.5, 0.6) is 0 Å². The maximum absolute atomic E-state index is 12.2. The second-order valence-electron chi connectivity index (χ2n) is 6.12. The molecule has 1 aromatic heterocycles. The first kappa shape index (κ1) is 18.0. The lowest BCUT2D eigenvalue weighted by Crippen LogP contribution is -2.37. The zero-order valence-electron chi connectivity index (χ0n) is 14.5. The normalized spacial score (nSPS) is 14.8. The fourth-order valence-electron chi connectivity index (χ4n) is 2.68. The van der Waals surface area contributed by atoms with Gasteiger partial charge in [-0.2, -0.15) is 0 Å². The van der Waals surface area contributed by atoms with Crippen molar-refractivity contribution in [1.29, 1.82) is 0 Å². The van der Waals surface area contributed by atoms with Gasteiger partial charge in [0.1, 0.15) is 5.69 Å². The number of amides is 1. The molecular formula is C17H24N2O5. The van der Waals surface area contributed by atoms with Crippen LogP contribution >= 0.6 is 0 Å². The Labute approximate surface area is 141 Å². The molecule has 0 radical (unpaired) electrons. The molecule has 1 fully saturated rings. The molecule has 1 aromatic rings. The lowest BCUT2D eigenvalue weighted by Gasteiger charge is -2.12. The van der Waals surface area contributed by atoms with E-state index in [1.54, 1.807) is 20.8 Å². The maximum Gasteiger partial charge on any atom is 0.355 e. The molecule has 0 aliphatic heterocycles. The lowest BCUT2D eigenvalue weighted by molar-refractivity contribution is -0.125. The summed E-state index contributed by atoms with van der Waals surface area (Å²) in [6.45, 7) is 6.89. The summed E-state index contributed by atoms with van der Waals surface area (Å²) in [5.41, 5.74) is 1.49. The quantitative estimate of drug-likeness (QED) is 0.741. The van der Waals surface area contributed by atoms with Gasteiger partial charge < -0.3 is 19.8 Å². The summed E-state index contributed by atoms with van der Waals surface area (Å²) in [6, 6.07) is 0.0982. The predicted octanol–water partition coefficient (Wildman–Crippen LogP) is 1.88. The maximum atomic E-state index is 12.2. The summed E-state index contributed by atoms with van der Waals surface area (Å²) < 4.78 is 10.0. The number of hydrogen-bond acceptors (Lipinski definition) is 5. The molecule has 0 bridgehead atoms. The van der Waals surface area contributed by atoms with E-state index in [0.717, 1.165) is 12.8 Å². The molecule has 0 saturated heterocycles. The first-order valence-corrected chi connectivity index (χ1v) is 8.17. The third-order valence-electron chi connectivity index (χ3n) is 4.17. The molecule has 0 aromatic carbocycles. The van der Waals surface area contributed by atoms with Gasteiger partial charge in [-0.25, -0.2) is 9.59 Å². The molecule has 0 spiro atoms. The molecule has 1 aliphatic rings. The number of H-pyrrole nitrogens is 1. The molecule has 24 heavy (non-hydrogen) atoms. The van der Waals surface area contributed by atoms with Crippen LogP contribution in [0.4, 0.5) is 0 Å². The van der Waals surface area contributed by atoms with Crippen molar-refractivity contribution in [3.05, 3.63) is 22.5 Å². The van der Waals surface area contributed by atoms with Crippen LogP contribution in [0, 0.1) is 19.8 Å². The number of aromatic amines is 1. The largest absolute Gasteiger partial charge is 0.462 e. The van der Waals surface area contributed by atoms with Crippen LogP contribution in [0.15, 0.2) is 0 Å². The number of nitrogens with one attached hydrogen (secondary N) is 2. The van der Waals surface area contributed by atoms with Gasteiger partial charge in [0.05, 0.1) is 12.2 Å². The Morgan fingerprint density at radius 2 is 1.88 bits per heavy atom. The zero-order chi connectivity index (χ0) is 17.9. The monoisotopic (exact) mass is 336 g/mol. The average Bonchev–Trinajstić information content (AvgIpc) is 3.31. The SMILES string of the molecule is CCOC(=O)c1c(C)[nH]c(C(=O)OCC(=O)N[C@@H](C)C2CC2)c1C. The van der Waals surface area contributed by atoms with Gasteiger partial charge in [0.25, 0.3) is 5.91 Å². The van der Waals surface area contributed by atoms with E-state index in [1.165, 1.54) is 0 Å². The van der Waals surface area contributed by atoms with Gasteiger partial charge in [0, 0.05) is 11.7 Å². The number of esters is 2. The van der Waals surface area contributed by atoms with Gasteiger partial charge >= 0.3 is 11.9 Å². The first-order chi connectivity index (χ1) is 11.3. The Morgan fingerprint density at radius 3 is 2.46 bits per heavy atom. The molecule has 1 atom stereocenters. The molecule has 132 valence electrons. The van der Waals surface area contributed by atoms with Crippen LogP contribution in [0.2, 0.25) is 0 Å². The molecule has 1 saturated carbocycles. The summed E-state index contributed by atoms with van der Waals surface area (Å²) in [4.78, 5) is 38.7. The molecule has 1 aliphatic carbocycles. The molecule has 0 unspecified atom stereocenters. The highest BCUT2D eigenvalue weighted by Crippen LogP contribution is 2.32. The predicted molar refractivity (Wildman–Crippen MR) is 86.8 cm³/mol. The van der Waals surface area contributed by atoms with E-state index < -0.39 is 11.9 Å². The summed E-state index contributed by atoms with van der Waals surface area (Å²) in [7, 11) is 0. The Hall–Kier alpha value is -2.31. The third kappa shape index (κ3) is 4.15. The van der Waals surface area contributed by atoms with Crippen molar-refractivity contribution in [3.8, 4) is 0 Å². The van der Waals surface area contributed by atoms with Crippen molar-refractivity contribution < 1.29 is 23.9 Å². The number of aromatic nitrogens is 1. The molecule has 2 rings (SSSR count). The summed E-state index contributed by atoms with van der Waals surface area (Å²) in [6.07, 6.45) is 2.25. The van der Waals surface area contributed by atoms with E-state index in [0.29, 0.717) is 22.7 Å². The Morgan fingerprint density at radius 1 is 1.21 bits per heavy atom. The highest BCUT2D eigenvalue weighted by atomic mass is 16.5. The van der Waals surface area contributed by atoms with Gasteiger partial charge in [-0.3, -0.25) is 4.79 Å². The second kappa shape index (κ2) is 7.51. The van der Waals surface area contributed by atoms with Crippen molar-refractivity contribution in [2.24, 2.45) is 5.92 Å². The van der Waals surface area contributed by atoms with Gasteiger partial charge in [0.15, 0.2) is 6.61 Å². The number of carbonyl (C=O) groups is 3. The van der Waals surface area contributed by atoms with Crippen LogP contribution in [0.25, 0.3) is 0 Å². The van der Waals surface area contributed by atoms with Gasteiger partial charge in [0.2, 0.25) is 0 Å². The fraction of sp³-hybridized carbons (Fsp3) is 0.588. The highest BCUT2D eigenvalue weighted by molar-refractivity contribution is 5.99. The van der Waals surface area contributed by atoms with E-state index in [2.05, 4.69) is 10.3 Å². The minimum Gasteiger partial charge on any atom is -0.462 e. The molecule has 7 heteroatoms. The Balaban J connectivity index is 1.95. The molecular weight excluding hydrogens is 312 g/mol. The molecule has 2 N–H and O–H groups in total. The van der Waals surface area contributed by atoms with Gasteiger partial charge in [-0.15, -0.1) is 0 Å². The number of ether oxygens (including phenoxy) is 2. The Kier molecular flexibility index (Phi) is 5.64. The number of rotatable bonds is 7. The minimum absolute atomic E-state index is 0.0982. The topological polar surface area (TPSA) is 97.5 Å². The lowest BCUT2D eigenvalue weighted by atomic mass is 10.1. The third-order valence-corrected chi connectivity index (χ3v) is 4.17. The van der Waals surface area contributed by atoms with Crippen LogP contribution < -0.4 is 5.32 Å². The van der Waals surface area contributed by atoms with E-state index in [9.17, 15) is 14.4 Å². The second-order valence-corrected chi connectivity index (χ2v) is 6.12. The van der Waals surface area contributed by atoms with E-state index in [-0.39, 0.29) is 30.9 Å². The van der Waals surface area contributed by atoms with E-state index in [4.69, 9.17) is 9.47 Å². The van der Waals surface area contributed by atoms with Gasteiger partial charge in [-0.05, 0) is 52.0 Å². The number of carbonyl (C=O) groups excluding carboxylic acids is 3. The molecule has 1 amide bonds. The van der Waals surface area contributed by atoms with E-state index in [1.807, 2.05) is 6.92 Å². The number of hydrogen-bond donors (Lipinski definition) is 2. The van der Waals surface area contributed by atoms with Crippen molar-refractivity contribution in [1.82, 2.24) is 10.3 Å². The van der Waals surface area contributed by atoms with Crippen LogP contribution in [0.3, 0.4) is 0 Å². The van der Waals surface area contributed by atoms with Crippen LogP contribution in [-0.4, -0.2) is 42.1 Å². The highest BCUT2D eigenvalue weighted by Gasteiger charge is 2.29. The van der Waals surface area contributed by atoms with Crippen LogP contribution in [0.1, 0.15) is 58.8 Å². The Bertz CT molecular complexity index is 646. The standard InChI is InChI=1S/C17H24N2O5/c1-5-23-16(21)14-9(2)15(19-11(14)4)17(22)24-8-13(20)18-10(3)12-6-7-12/h10,12,19H,5-8H2,1-4H3,(H,18,20)/t10-/m0/s1. The van der Waals surface area contributed by atoms with Crippen LogP contribution in [-0.2, 0) is 14.3 Å².